The van der Waals surface area contributed by atoms with Crippen LogP contribution in [0.5, 0.6) is 0 Å². The van der Waals surface area contributed by atoms with Crippen molar-refractivity contribution >= 4 is 5.91 Å². The minimum Gasteiger partial charge on any atom is -0.396 e. The van der Waals surface area contributed by atoms with E-state index in [0.29, 0.717) is 13.1 Å². The molecule has 0 aliphatic carbocycles. The molecule has 0 unspecified atom stereocenters. The second-order valence-electron chi connectivity index (χ2n) is 6.31. The molecule has 1 saturated heterocycles. The van der Waals surface area contributed by atoms with Crippen molar-refractivity contribution in [1.29, 1.82) is 0 Å². The number of carbonyl (C=O) groups excluding carboxylic acids is 1. The Bertz CT molecular complexity index is 464. The molecule has 1 aromatic rings. The Labute approximate surface area is 131 Å². The number of aromatic nitrogens is 3. The minimum atomic E-state index is -0.144. The van der Waals surface area contributed by atoms with Crippen molar-refractivity contribution in [1.82, 2.24) is 29.9 Å². The molecule has 0 spiro atoms. The first-order valence-electron chi connectivity index (χ1n) is 7.60. The lowest BCUT2D eigenvalue weighted by atomic mass is 9.96. The fraction of sp³-hybridized carbons (Fsp3) is 0.786. The second kappa shape index (κ2) is 7.66. The Morgan fingerprint density at radius 1 is 1.36 bits per heavy atom. The van der Waals surface area contributed by atoms with E-state index in [2.05, 4.69) is 46.1 Å². The molecule has 22 heavy (non-hydrogen) atoms. The van der Waals surface area contributed by atoms with Gasteiger partial charge in [-0.05, 0) is 27.1 Å². The van der Waals surface area contributed by atoms with Crippen LogP contribution in [0.15, 0.2) is 6.33 Å². The summed E-state index contributed by atoms with van der Waals surface area (Å²) in [5, 5.41) is 15.9. The second-order valence-corrected chi connectivity index (χ2v) is 6.31. The number of hydrogen-bond donors (Lipinski definition) is 2. The van der Waals surface area contributed by atoms with Gasteiger partial charge in [0.15, 0.2) is 0 Å². The van der Waals surface area contributed by atoms with Crippen LogP contribution in [0.25, 0.3) is 0 Å². The molecule has 1 aliphatic rings. The lowest BCUT2D eigenvalue weighted by Crippen LogP contribution is -2.35. The van der Waals surface area contributed by atoms with E-state index < -0.39 is 0 Å². The third kappa shape index (κ3) is 4.25. The normalized spacial score (nSPS) is 22.0. The molecule has 1 aliphatic heterocycles. The van der Waals surface area contributed by atoms with Crippen molar-refractivity contribution in [3.63, 3.8) is 0 Å². The van der Waals surface area contributed by atoms with Crippen LogP contribution >= 0.6 is 0 Å². The van der Waals surface area contributed by atoms with Crippen LogP contribution in [0.2, 0.25) is 0 Å². The molecule has 124 valence electrons. The Morgan fingerprint density at radius 2 is 2.09 bits per heavy atom. The van der Waals surface area contributed by atoms with E-state index in [4.69, 9.17) is 0 Å². The maximum absolute atomic E-state index is 12.3. The van der Waals surface area contributed by atoms with Gasteiger partial charge in [-0.3, -0.25) is 9.89 Å². The molecular weight excluding hydrogens is 284 g/mol. The van der Waals surface area contributed by atoms with Gasteiger partial charge in [-0.15, -0.1) is 0 Å². The molecule has 2 atom stereocenters. The number of carbonyl (C=O) groups is 1. The highest BCUT2D eigenvalue weighted by molar-refractivity contribution is 5.90. The lowest BCUT2D eigenvalue weighted by Gasteiger charge is -2.25. The molecule has 2 heterocycles. The zero-order valence-electron chi connectivity index (χ0n) is 13.6. The lowest BCUT2D eigenvalue weighted by molar-refractivity contribution is 0.0767. The topological polar surface area (TPSA) is 88.6 Å². The largest absolute Gasteiger partial charge is 0.396 e. The number of aliphatic hydroxyl groups excluding tert-OH is 1. The predicted molar refractivity (Wildman–Crippen MR) is 82.4 cm³/mol. The number of aliphatic hydroxyl groups is 1. The maximum atomic E-state index is 12.3. The van der Waals surface area contributed by atoms with Gasteiger partial charge < -0.3 is 19.8 Å². The zero-order chi connectivity index (χ0) is 16.1. The number of nitrogens with zero attached hydrogens (tertiary/aromatic N) is 5. The van der Waals surface area contributed by atoms with Crippen molar-refractivity contribution in [2.24, 2.45) is 11.8 Å². The van der Waals surface area contributed by atoms with Gasteiger partial charge in [-0.25, -0.2) is 4.98 Å². The number of likely N-dealkylation sites (N-methyl/N-ethyl adjacent to an activating group) is 2. The number of likely N-dealkylation sites (tertiary alicyclic amines) is 1. The number of rotatable bonds is 7. The monoisotopic (exact) mass is 310 g/mol. The highest BCUT2D eigenvalue weighted by atomic mass is 16.3. The van der Waals surface area contributed by atoms with Gasteiger partial charge in [0.1, 0.15) is 6.33 Å². The van der Waals surface area contributed by atoms with Gasteiger partial charge in [0, 0.05) is 45.2 Å². The summed E-state index contributed by atoms with van der Waals surface area (Å²) in [5.41, 5.74) is 0. The average Bonchev–Trinajstić information content (AvgIpc) is 3.13. The van der Waals surface area contributed by atoms with Crippen LogP contribution in [-0.2, 0) is 0 Å². The number of amides is 1. The summed E-state index contributed by atoms with van der Waals surface area (Å²) in [5.74, 6) is 0.519. The summed E-state index contributed by atoms with van der Waals surface area (Å²) >= 11 is 0. The molecule has 1 aromatic heterocycles. The van der Waals surface area contributed by atoms with Crippen molar-refractivity contribution < 1.29 is 9.90 Å². The number of H-pyrrole nitrogens is 1. The number of nitrogens with one attached hydrogen (secondary N) is 1. The van der Waals surface area contributed by atoms with Crippen molar-refractivity contribution in [2.45, 2.75) is 0 Å². The Kier molecular flexibility index (Phi) is 5.87. The van der Waals surface area contributed by atoms with Gasteiger partial charge in [-0.2, -0.15) is 5.10 Å². The molecule has 0 bridgehead atoms. The van der Waals surface area contributed by atoms with E-state index in [1.807, 2.05) is 0 Å². The molecule has 8 nitrogen and oxygen atoms in total. The maximum Gasteiger partial charge on any atom is 0.291 e. The molecular formula is C14H26N6O2. The number of hydrogen-bond acceptors (Lipinski definition) is 6. The summed E-state index contributed by atoms with van der Waals surface area (Å²) in [6.07, 6.45) is 1.33. The highest BCUT2D eigenvalue weighted by Crippen LogP contribution is 2.24. The molecule has 0 radical (unpaired) electrons. The quantitative estimate of drug-likeness (QED) is 0.670. The summed E-state index contributed by atoms with van der Waals surface area (Å²) < 4.78 is 0. The predicted octanol–water partition coefficient (Wildman–Crippen LogP) is -1.02. The first-order valence-corrected chi connectivity index (χ1v) is 7.60. The van der Waals surface area contributed by atoms with E-state index in [0.717, 1.165) is 19.6 Å². The average molecular weight is 310 g/mol. The number of aromatic amines is 1. The minimum absolute atomic E-state index is 0.104. The Hall–Kier alpha value is -1.51. The molecule has 2 N–H and O–H groups in total. The zero-order valence-corrected chi connectivity index (χ0v) is 13.6. The van der Waals surface area contributed by atoms with E-state index >= 15 is 0 Å². The summed E-state index contributed by atoms with van der Waals surface area (Å²) in [7, 11) is 6.19. The third-order valence-electron chi connectivity index (χ3n) is 4.19. The Morgan fingerprint density at radius 3 is 2.68 bits per heavy atom. The molecule has 2 rings (SSSR count). The van der Waals surface area contributed by atoms with Crippen LogP contribution < -0.4 is 0 Å². The van der Waals surface area contributed by atoms with E-state index in [-0.39, 0.29) is 30.2 Å². The SMILES string of the molecule is CN(C)CCN(C)C[C@@H]1CN(C(=O)c2ncn[nH]2)C[C@@H]1CO. The highest BCUT2D eigenvalue weighted by Gasteiger charge is 2.36. The van der Waals surface area contributed by atoms with Gasteiger partial charge >= 0.3 is 0 Å². The van der Waals surface area contributed by atoms with Gasteiger partial charge in [0.2, 0.25) is 5.82 Å². The summed E-state index contributed by atoms with van der Waals surface area (Å²) in [4.78, 5) is 22.4. The van der Waals surface area contributed by atoms with E-state index in [9.17, 15) is 9.90 Å². The first kappa shape index (κ1) is 16.9. The smallest absolute Gasteiger partial charge is 0.291 e. The van der Waals surface area contributed by atoms with Crippen molar-refractivity contribution in [3.05, 3.63) is 12.2 Å². The summed E-state index contributed by atoms with van der Waals surface area (Å²) in [6, 6.07) is 0. The molecule has 0 aromatic carbocycles. The van der Waals surface area contributed by atoms with Crippen LogP contribution in [0.4, 0.5) is 0 Å². The van der Waals surface area contributed by atoms with Crippen molar-refractivity contribution in [3.8, 4) is 0 Å². The van der Waals surface area contributed by atoms with E-state index in [1.54, 1.807) is 4.90 Å². The van der Waals surface area contributed by atoms with Crippen LogP contribution in [0.1, 0.15) is 10.6 Å². The van der Waals surface area contributed by atoms with Crippen LogP contribution in [0.3, 0.4) is 0 Å². The van der Waals surface area contributed by atoms with Gasteiger partial charge in [0.25, 0.3) is 5.91 Å². The molecule has 1 amide bonds. The summed E-state index contributed by atoms with van der Waals surface area (Å²) in [6.45, 7) is 4.16. The standard InChI is InChI=1S/C14H26N6O2/c1-18(2)4-5-19(3)6-11-7-20(8-12(11)9-21)14(22)13-15-10-16-17-13/h10-12,21H,4-9H2,1-3H3,(H,15,16,17)/t11-,12-/m1/s1. The van der Waals surface area contributed by atoms with Crippen molar-refractivity contribution in [2.75, 3.05) is 60.5 Å². The van der Waals surface area contributed by atoms with Gasteiger partial charge in [0.05, 0.1) is 0 Å². The fourth-order valence-electron chi connectivity index (χ4n) is 2.84. The van der Waals surface area contributed by atoms with Crippen LogP contribution in [0, 0.1) is 11.8 Å². The first-order chi connectivity index (χ1) is 10.5. The molecule has 1 fully saturated rings. The van der Waals surface area contributed by atoms with Gasteiger partial charge in [-0.1, -0.05) is 0 Å². The van der Waals surface area contributed by atoms with Crippen LogP contribution in [-0.4, -0.2) is 101 Å². The third-order valence-corrected chi connectivity index (χ3v) is 4.19. The molecule has 0 saturated carbocycles. The Balaban J connectivity index is 1.90. The van der Waals surface area contributed by atoms with E-state index in [1.165, 1.54) is 6.33 Å². The molecule has 8 heteroatoms. The fourth-order valence-corrected chi connectivity index (χ4v) is 2.84.